The van der Waals surface area contributed by atoms with E-state index >= 15 is 0 Å². The van der Waals surface area contributed by atoms with Crippen molar-refractivity contribution in [1.82, 2.24) is 4.57 Å². The lowest BCUT2D eigenvalue weighted by atomic mass is 10.0. The van der Waals surface area contributed by atoms with Gasteiger partial charge in [0.25, 0.3) is 0 Å². The van der Waals surface area contributed by atoms with Crippen LogP contribution in [0.2, 0.25) is 0 Å². The van der Waals surface area contributed by atoms with E-state index in [9.17, 15) is 42.1 Å². The Labute approximate surface area is 228 Å². The molecule has 208 valence electrons. The van der Waals surface area contributed by atoms with E-state index < -0.39 is 46.5 Å². The van der Waals surface area contributed by atoms with Gasteiger partial charge in [-0.1, -0.05) is 24.3 Å². The Morgan fingerprint density at radius 3 is 2.32 bits per heavy atom. The Bertz CT molecular complexity index is 1880. The molecule has 0 amide bonds. The molecule has 41 heavy (non-hydrogen) atoms. The standard InChI is InChI=1S/C29H18F5N3O4/c1-14-5-8-17(13-22(14)31)37-24-12-16(29(32,33)34)7-9-19(24)25(27(37)39)36-35-23-4-2-3-18(26(23)38)15-6-10-21(30)20(11-15)28(40)41/h2-13,38-39H,1H3,(H,40,41). The number of phenols is 1. The van der Waals surface area contributed by atoms with Crippen LogP contribution in [0.4, 0.5) is 33.3 Å². The van der Waals surface area contributed by atoms with Gasteiger partial charge in [0.05, 0.1) is 22.3 Å². The number of nitrogens with zero attached hydrogens (tertiary/aromatic N) is 3. The van der Waals surface area contributed by atoms with Gasteiger partial charge in [0.15, 0.2) is 11.4 Å². The molecule has 0 radical (unpaired) electrons. The summed E-state index contributed by atoms with van der Waals surface area (Å²) in [6.45, 7) is 1.50. The van der Waals surface area contributed by atoms with Crippen LogP contribution in [0.5, 0.6) is 11.6 Å². The molecule has 0 unspecified atom stereocenters. The number of carboxylic acids is 1. The first-order valence-corrected chi connectivity index (χ1v) is 11.8. The van der Waals surface area contributed by atoms with Crippen molar-refractivity contribution >= 4 is 28.2 Å². The van der Waals surface area contributed by atoms with Gasteiger partial charge in [-0.15, -0.1) is 10.2 Å². The first kappa shape index (κ1) is 27.3. The number of alkyl halides is 3. The normalized spacial score (nSPS) is 12.0. The highest BCUT2D eigenvalue weighted by molar-refractivity contribution is 5.97. The van der Waals surface area contributed by atoms with Gasteiger partial charge < -0.3 is 15.3 Å². The van der Waals surface area contributed by atoms with Crippen LogP contribution < -0.4 is 0 Å². The molecule has 0 spiro atoms. The molecule has 7 nitrogen and oxygen atoms in total. The molecule has 0 aliphatic heterocycles. The number of fused-ring (bicyclic) bond motifs is 1. The van der Waals surface area contributed by atoms with E-state index in [0.29, 0.717) is 0 Å². The fraction of sp³-hybridized carbons (Fsp3) is 0.0690. The highest BCUT2D eigenvalue weighted by atomic mass is 19.4. The highest BCUT2D eigenvalue weighted by Gasteiger charge is 2.32. The van der Waals surface area contributed by atoms with Crippen molar-refractivity contribution in [2.45, 2.75) is 13.1 Å². The van der Waals surface area contributed by atoms with Crippen LogP contribution in [0.1, 0.15) is 21.5 Å². The molecule has 0 aliphatic rings. The Hall–Kier alpha value is -5.26. The van der Waals surface area contributed by atoms with Crippen LogP contribution in [0.25, 0.3) is 27.7 Å². The van der Waals surface area contributed by atoms with Gasteiger partial charge in [-0.2, -0.15) is 13.2 Å². The lowest BCUT2D eigenvalue weighted by Gasteiger charge is -2.10. The number of rotatable bonds is 5. The maximum absolute atomic E-state index is 14.4. The van der Waals surface area contributed by atoms with Gasteiger partial charge in [0.1, 0.15) is 17.3 Å². The minimum Gasteiger partial charge on any atom is -0.505 e. The summed E-state index contributed by atoms with van der Waals surface area (Å²) in [6, 6.07) is 14.0. The lowest BCUT2D eigenvalue weighted by molar-refractivity contribution is -0.137. The molecule has 3 N–H and O–H groups in total. The number of aryl methyl sites for hydroxylation is 1. The average Bonchev–Trinajstić information content (AvgIpc) is 3.19. The second-order valence-electron chi connectivity index (χ2n) is 9.04. The number of carbonyl (C=O) groups is 1. The van der Waals surface area contributed by atoms with Crippen molar-refractivity contribution in [1.29, 1.82) is 0 Å². The number of benzene rings is 4. The predicted molar refractivity (Wildman–Crippen MR) is 139 cm³/mol. The highest BCUT2D eigenvalue weighted by Crippen LogP contribution is 2.45. The van der Waals surface area contributed by atoms with Crippen molar-refractivity contribution in [3.05, 3.63) is 101 Å². The van der Waals surface area contributed by atoms with Gasteiger partial charge in [-0.05, 0) is 66.6 Å². The summed E-state index contributed by atoms with van der Waals surface area (Å²) in [5, 5.41) is 39.1. The van der Waals surface area contributed by atoms with E-state index in [4.69, 9.17) is 0 Å². The number of aromatic hydroxyl groups is 2. The molecule has 12 heteroatoms. The Morgan fingerprint density at radius 1 is 0.878 bits per heavy atom. The summed E-state index contributed by atoms with van der Waals surface area (Å²) in [6.07, 6.45) is -4.70. The average molecular weight is 567 g/mol. The molecule has 4 aromatic carbocycles. The summed E-state index contributed by atoms with van der Waals surface area (Å²) in [5.74, 6) is -4.21. The number of hydrogen-bond acceptors (Lipinski definition) is 5. The third kappa shape index (κ3) is 4.95. The topological polar surface area (TPSA) is 107 Å². The molecule has 0 atom stereocenters. The van der Waals surface area contributed by atoms with Crippen LogP contribution in [0.15, 0.2) is 83.0 Å². The van der Waals surface area contributed by atoms with E-state index in [1.165, 1.54) is 43.3 Å². The molecular formula is C29H18F5N3O4. The molecule has 0 saturated heterocycles. The molecule has 0 fully saturated rings. The molecule has 1 aromatic heterocycles. The van der Waals surface area contributed by atoms with E-state index in [1.807, 2.05) is 0 Å². The fourth-order valence-electron chi connectivity index (χ4n) is 4.32. The smallest absolute Gasteiger partial charge is 0.416 e. The van der Waals surface area contributed by atoms with Gasteiger partial charge in [-0.25, -0.2) is 13.6 Å². The van der Waals surface area contributed by atoms with Crippen LogP contribution in [0, 0.1) is 18.6 Å². The van der Waals surface area contributed by atoms with E-state index in [0.717, 1.165) is 41.0 Å². The third-order valence-electron chi connectivity index (χ3n) is 6.44. The number of azo groups is 1. The first-order chi connectivity index (χ1) is 19.4. The van der Waals surface area contributed by atoms with Crippen molar-refractivity contribution in [3.8, 4) is 28.4 Å². The largest absolute Gasteiger partial charge is 0.505 e. The van der Waals surface area contributed by atoms with Crippen molar-refractivity contribution in [2.75, 3.05) is 0 Å². The molecule has 0 saturated carbocycles. The number of hydrogen-bond donors (Lipinski definition) is 3. The Kier molecular flexibility index (Phi) is 6.69. The number of aromatic nitrogens is 1. The monoisotopic (exact) mass is 567 g/mol. The van der Waals surface area contributed by atoms with Gasteiger partial charge in [-0.3, -0.25) is 4.57 Å². The van der Waals surface area contributed by atoms with Gasteiger partial charge in [0.2, 0.25) is 5.88 Å². The second kappa shape index (κ2) is 10.0. The number of aromatic carboxylic acids is 1. The number of para-hydroxylation sites is 1. The number of halogens is 5. The molecule has 0 bridgehead atoms. The van der Waals surface area contributed by atoms with E-state index in [2.05, 4.69) is 10.2 Å². The zero-order valence-corrected chi connectivity index (χ0v) is 20.9. The predicted octanol–water partition coefficient (Wildman–Crippen LogP) is 8.43. The molecule has 0 aliphatic carbocycles. The molecule has 5 rings (SSSR count). The lowest BCUT2D eigenvalue weighted by Crippen LogP contribution is -2.05. The number of carboxylic acid groups (broad SMARTS) is 1. The molecule has 5 aromatic rings. The Balaban J connectivity index is 1.65. The van der Waals surface area contributed by atoms with Gasteiger partial charge in [0, 0.05) is 10.9 Å². The summed E-state index contributed by atoms with van der Waals surface area (Å²) in [4.78, 5) is 11.3. The molecule has 1 heterocycles. The quantitative estimate of drug-likeness (QED) is 0.146. The first-order valence-electron chi connectivity index (χ1n) is 11.8. The summed E-state index contributed by atoms with van der Waals surface area (Å²) < 4.78 is 69.7. The number of phenolic OH excluding ortho intramolecular Hbond substituents is 1. The van der Waals surface area contributed by atoms with E-state index in [1.54, 1.807) is 0 Å². The minimum absolute atomic E-state index is 0.0340. The van der Waals surface area contributed by atoms with Crippen LogP contribution in [-0.2, 0) is 6.18 Å². The van der Waals surface area contributed by atoms with Gasteiger partial charge >= 0.3 is 12.1 Å². The SMILES string of the molecule is Cc1ccc(-n2c(O)c(N=Nc3cccc(-c4ccc(F)c(C(=O)O)c4)c3O)c3ccc(C(F)(F)F)cc32)cc1F. The zero-order chi connectivity index (χ0) is 29.6. The maximum Gasteiger partial charge on any atom is 0.416 e. The fourth-order valence-corrected chi connectivity index (χ4v) is 4.32. The minimum atomic E-state index is -4.70. The van der Waals surface area contributed by atoms with Crippen LogP contribution in [0.3, 0.4) is 0 Å². The van der Waals surface area contributed by atoms with E-state index in [-0.39, 0.29) is 44.7 Å². The molecular weight excluding hydrogens is 549 g/mol. The van der Waals surface area contributed by atoms with Crippen molar-refractivity contribution < 1.29 is 42.1 Å². The summed E-state index contributed by atoms with van der Waals surface area (Å²) in [7, 11) is 0. The van der Waals surface area contributed by atoms with Crippen LogP contribution in [-0.4, -0.2) is 25.9 Å². The maximum atomic E-state index is 14.4. The third-order valence-corrected chi connectivity index (χ3v) is 6.44. The van der Waals surface area contributed by atoms with Crippen molar-refractivity contribution in [3.63, 3.8) is 0 Å². The van der Waals surface area contributed by atoms with Crippen LogP contribution >= 0.6 is 0 Å². The zero-order valence-electron chi connectivity index (χ0n) is 20.9. The summed E-state index contributed by atoms with van der Waals surface area (Å²) >= 11 is 0. The second-order valence-corrected chi connectivity index (χ2v) is 9.04. The summed E-state index contributed by atoms with van der Waals surface area (Å²) in [5.41, 5.74) is -1.56. The Morgan fingerprint density at radius 2 is 1.63 bits per heavy atom. The van der Waals surface area contributed by atoms with Crippen molar-refractivity contribution in [2.24, 2.45) is 10.2 Å².